The van der Waals surface area contributed by atoms with Crippen LogP contribution in [0.5, 0.6) is 28.7 Å². The first-order valence-corrected chi connectivity index (χ1v) is 19.2. The predicted octanol–water partition coefficient (Wildman–Crippen LogP) is 8.57. The van der Waals surface area contributed by atoms with E-state index in [1.54, 1.807) is 121 Å². The average Bonchev–Trinajstić information content (AvgIpc) is 3.11. The van der Waals surface area contributed by atoms with Crippen LogP contribution >= 0.6 is 24.6 Å². The van der Waals surface area contributed by atoms with Crippen LogP contribution in [0.15, 0.2) is 126 Å². The zero-order valence-corrected chi connectivity index (χ0v) is 29.7. The maximum absolute atomic E-state index is 6.77. The molecule has 6 rings (SSSR count). The van der Waals surface area contributed by atoms with E-state index < -0.39 is 24.6 Å². The predicted molar refractivity (Wildman–Crippen MR) is 201 cm³/mol. The highest BCUT2D eigenvalue weighted by atomic mass is 31.3. The van der Waals surface area contributed by atoms with E-state index in [0.29, 0.717) is 63.6 Å². The van der Waals surface area contributed by atoms with E-state index in [1.807, 2.05) is 6.92 Å². The van der Waals surface area contributed by atoms with Gasteiger partial charge in [-0.05, 0) is 128 Å². The molecule has 50 heavy (non-hydrogen) atoms. The Morgan fingerprint density at radius 1 is 0.540 bits per heavy atom. The fourth-order valence-electron chi connectivity index (χ4n) is 4.19. The number of nitrogen functional groups attached to an aromatic ring is 5. The number of anilines is 5. The lowest BCUT2D eigenvalue weighted by atomic mass is 10.3. The van der Waals surface area contributed by atoms with Crippen molar-refractivity contribution in [1.82, 2.24) is 9.21 Å². The van der Waals surface area contributed by atoms with Gasteiger partial charge in [0.1, 0.15) is 28.7 Å². The quantitative estimate of drug-likeness (QED) is 0.0569. The molecule has 0 saturated heterocycles. The lowest BCUT2D eigenvalue weighted by Gasteiger charge is -2.44. The summed E-state index contributed by atoms with van der Waals surface area (Å²) in [5.41, 5.74) is 32.9. The molecule has 0 fully saturated rings. The first-order chi connectivity index (χ1) is 24.2. The van der Waals surface area contributed by atoms with Gasteiger partial charge in [-0.15, -0.1) is 4.52 Å². The summed E-state index contributed by atoms with van der Waals surface area (Å²) >= 11 is 0. The van der Waals surface area contributed by atoms with Crippen LogP contribution in [-0.2, 0) is 4.52 Å². The SMILES string of the molecule is CCCOP1(Oc2ccc(N)cc2)=NP(Oc2ccc(N)cc2)N(Oc2ccc(N)cc2)P(Oc2ccc(N)cc2)N1Oc1ccc(N)cc1. The summed E-state index contributed by atoms with van der Waals surface area (Å²) in [5.74, 6) is 2.19. The molecule has 17 heteroatoms. The van der Waals surface area contributed by atoms with Crippen molar-refractivity contribution in [3.05, 3.63) is 121 Å². The minimum Gasteiger partial charge on any atom is -0.440 e. The number of nitrogens with zero attached hydrogens (tertiary/aromatic N) is 3. The highest BCUT2D eigenvalue weighted by Gasteiger charge is 2.57. The largest absolute Gasteiger partial charge is 0.440 e. The lowest BCUT2D eigenvalue weighted by Crippen LogP contribution is -2.36. The minimum absolute atomic E-state index is 0.253. The fraction of sp³-hybridized carbons (Fsp3) is 0.0909. The van der Waals surface area contributed by atoms with Gasteiger partial charge in [0.2, 0.25) is 0 Å². The van der Waals surface area contributed by atoms with Crippen molar-refractivity contribution in [2.75, 3.05) is 35.3 Å². The molecule has 5 aromatic carbocycles. The summed E-state index contributed by atoms with van der Waals surface area (Å²) in [6, 6.07) is 34.5. The van der Waals surface area contributed by atoms with Gasteiger partial charge >= 0.3 is 24.6 Å². The fourth-order valence-corrected chi connectivity index (χ4v) is 11.9. The van der Waals surface area contributed by atoms with Gasteiger partial charge in [-0.25, -0.2) is 0 Å². The second kappa shape index (κ2) is 15.7. The monoisotopic (exact) mass is 734 g/mol. The number of nitrogens with two attached hydrogens (primary N) is 5. The van der Waals surface area contributed by atoms with Crippen molar-refractivity contribution >= 4 is 53.0 Å². The Morgan fingerprint density at radius 2 is 0.940 bits per heavy atom. The van der Waals surface area contributed by atoms with Crippen molar-refractivity contribution < 1.29 is 27.8 Å². The maximum atomic E-state index is 6.77. The van der Waals surface area contributed by atoms with Crippen LogP contribution in [0.4, 0.5) is 28.4 Å². The Kier molecular flexibility index (Phi) is 11.0. The molecule has 0 aliphatic carbocycles. The highest BCUT2D eigenvalue weighted by molar-refractivity contribution is 7.78. The Hall–Kier alpha value is -4.93. The van der Waals surface area contributed by atoms with E-state index in [4.69, 9.17) is 61.0 Å². The van der Waals surface area contributed by atoms with Crippen molar-refractivity contribution in [3.63, 3.8) is 0 Å². The minimum atomic E-state index is -3.71. The third-order valence-electron chi connectivity index (χ3n) is 6.68. The third-order valence-corrected chi connectivity index (χ3v) is 13.6. The van der Waals surface area contributed by atoms with Crippen molar-refractivity contribution in [1.29, 1.82) is 0 Å². The molecule has 5 aromatic rings. The normalized spacial score (nSPS) is 19.2. The van der Waals surface area contributed by atoms with Gasteiger partial charge in [-0.1, -0.05) is 6.92 Å². The van der Waals surface area contributed by atoms with Crippen LogP contribution in [0.1, 0.15) is 13.3 Å². The molecule has 260 valence electrons. The van der Waals surface area contributed by atoms with Gasteiger partial charge in [-0.3, -0.25) is 0 Å². The summed E-state index contributed by atoms with van der Waals surface area (Å²) in [4.78, 5) is 13.2. The van der Waals surface area contributed by atoms with E-state index in [1.165, 1.54) is 9.21 Å². The third kappa shape index (κ3) is 8.61. The lowest BCUT2D eigenvalue weighted by molar-refractivity contribution is 0.0477. The van der Waals surface area contributed by atoms with Crippen LogP contribution in [-0.4, -0.2) is 15.8 Å². The molecule has 0 radical (unpaired) electrons. The summed E-state index contributed by atoms with van der Waals surface area (Å²) in [6.07, 6.45) is 0.636. The summed E-state index contributed by atoms with van der Waals surface area (Å²) in [7, 11) is -8.05. The molecule has 1 heterocycles. The van der Waals surface area contributed by atoms with Crippen molar-refractivity contribution in [2.24, 2.45) is 4.52 Å². The zero-order valence-electron chi connectivity index (χ0n) is 27.0. The molecule has 0 bridgehead atoms. The Labute approximate surface area is 292 Å². The Bertz CT molecular complexity index is 1910. The average molecular weight is 735 g/mol. The van der Waals surface area contributed by atoms with E-state index in [-0.39, 0.29) is 6.61 Å². The molecule has 0 saturated carbocycles. The van der Waals surface area contributed by atoms with Gasteiger partial charge in [-0.2, -0.15) is 0 Å². The maximum Gasteiger partial charge on any atom is 0.392 e. The molecular formula is C33H37N8O6P3. The number of hydrogen-bond donors (Lipinski definition) is 5. The topological polar surface area (TPSA) is 204 Å². The number of rotatable bonds is 13. The van der Waals surface area contributed by atoms with E-state index >= 15 is 0 Å². The van der Waals surface area contributed by atoms with Gasteiger partial charge in [0, 0.05) is 37.6 Å². The molecule has 3 unspecified atom stereocenters. The standard InChI is InChI=1S/C33H37N8O6P3/c1-2-23-42-50(47-33-21-11-28(38)12-22-33)39-48(45-31-17-7-26(36)8-18-31)40(43-29-13-3-24(34)4-14-29)49(46-32-19-9-27(37)10-20-32)41(50)44-30-15-5-25(35)6-16-30/h3-22H,2,23,34-38H2,1H3. The highest BCUT2D eigenvalue weighted by Crippen LogP contribution is 2.78. The molecule has 3 atom stereocenters. The summed E-state index contributed by atoms with van der Waals surface area (Å²) in [5, 5.41) is 0. The first kappa shape index (κ1) is 34.9. The van der Waals surface area contributed by atoms with Gasteiger partial charge in [0.25, 0.3) is 0 Å². The van der Waals surface area contributed by atoms with Gasteiger partial charge in [0.05, 0.1) is 6.61 Å². The van der Waals surface area contributed by atoms with E-state index in [0.717, 1.165) is 0 Å². The molecule has 1 aliphatic rings. The molecule has 0 spiro atoms. The molecule has 0 aromatic heterocycles. The van der Waals surface area contributed by atoms with Crippen LogP contribution in [0.2, 0.25) is 0 Å². The molecule has 10 N–H and O–H groups in total. The zero-order chi connectivity index (χ0) is 35.1. The Balaban J connectivity index is 1.57. The second-order valence-corrected chi connectivity index (χ2v) is 16.3. The molecule has 1 aliphatic heterocycles. The van der Waals surface area contributed by atoms with Gasteiger partial charge < -0.3 is 56.4 Å². The number of hydrogen-bond acceptors (Lipinski definition) is 14. The number of benzene rings is 5. The molecule has 14 nitrogen and oxygen atoms in total. The molecule has 0 amide bonds. The van der Waals surface area contributed by atoms with E-state index in [9.17, 15) is 0 Å². The first-order valence-electron chi connectivity index (χ1n) is 15.4. The molecular weight excluding hydrogens is 697 g/mol. The van der Waals surface area contributed by atoms with Crippen molar-refractivity contribution in [3.8, 4) is 28.7 Å². The summed E-state index contributed by atoms with van der Waals surface area (Å²) in [6.45, 7) is 2.23. The van der Waals surface area contributed by atoms with Gasteiger partial charge in [0.15, 0.2) is 0 Å². The van der Waals surface area contributed by atoms with E-state index in [2.05, 4.69) is 0 Å². The van der Waals surface area contributed by atoms with Crippen LogP contribution in [0.25, 0.3) is 0 Å². The van der Waals surface area contributed by atoms with Crippen LogP contribution in [0, 0.1) is 0 Å². The van der Waals surface area contributed by atoms with Crippen LogP contribution < -0.4 is 51.9 Å². The van der Waals surface area contributed by atoms with Crippen molar-refractivity contribution in [2.45, 2.75) is 13.3 Å². The smallest absolute Gasteiger partial charge is 0.392 e. The van der Waals surface area contributed by atoms with Crippen LogP contribution in [0.3, 0.4) is 0 Å². The Morgan fingerprint density at radius 3 is 1.40 bits per heavy atom. The summed E-state index contributed by atoms with van der Waals surface area (Å²) < 4.78 is 35.0. The second-order valence-electron chi connectivity index (χ2n) is 10.7.